The normalized spacial score (nSPS) is 12.4. The van der Waals surface area contributed by atoms with E-state index in [1.807, 2.05) is 18.2 Å². The smallest absolute Gasteiger partial charge is 0.246 e. The van der Waals surface area contributed by atoms with Crippen molar-refractivity contribution in [3.05, 3.63) is 29.8 Å². The van der Waals surface area contributed by atoms with Gasteiger partial charge >= 0.3 is 0 Å². The van der Waals surface area contributed by atoms with Crippen LogP contribution >= 0.6 is 0 Å². The van der Waals surface area contributed by atoms with Gasteiger partial charge in [0.1, 0.15) is 5.75 Å². The van der Waals surface area contributed by atoms with Crippen LogP contribution in [0.5, 0.6) is 5.75 Å². The summed E-state index contributed by atoms with van der Waals surface area (Å²) < 4.78 is 5.07. The first-order valence-corrected chi connectivity index (χ1v) is 5.21. The molecule has 1 aromatic carbocycles. The van der Waals surface area contributed by atoms with Gasteiger partial charge in [0.05, 0.1) is 13.7 Å². The largest absolute Gasteiger partial charge is 0.497 e. The Kier molecular flexibility index (Phi) is 5.16. The molecule has 5 heteroatoms. The molecule has 1 rings (SSSR count). The zero-order valence-corrected chi connectivity index (χ0v) is 9.88. The Labute approximate surface area is 100 Å². The fraction of sp³-hybridized carbons (Fsp3) is 0.333. The van der Waals surface area contributed by atoms with Gasteiger partial charge in [0.2, 0.25) is 5.91 Å². The van der Waals surface area contributed by atoms with E-state index in [4.69, 9.17) is 9.84 Å². The molecule has 1 aromatic rings. The lowest BCUT2D eigenvalue weighted by Crippen LogP contribution is -2.33. The van der Waals surface area contributed by atoms with E-state index in [2.05, 4.69) is 10.3 Å². The van der Waals surface area contributed by atoms with Crippen molar-refractivity contribution in [2.75, 3.05) is 20.8 Å². The molecular weight excluding hydrogens is 220 g/mol. The fourth-order valence-corrected chi connectivity index (χ4v) is 1.26. The molecule has 92 valence electrons. The Morgan fingerprint density at radius 2 is 2.41 bits per heavy atom. The second-order valence-corrected chi connectivity index (χ2v) is 3.37. The monoisotopic (exact) mass is 236 g/mol. The maximum absolute atomic E-state index is 11.3. The van der Waals surface area contributed by atoms with Gasteiger partial charge in [-0.05, 0) is 17.7 Å². The third-order valence-corrected chi connectivity index (χ3v) is 2.22. The molecule has 1 amide bonds. The number of methoxy groups -OCH3 is 1. The summed E-state index contributed by atoms with van der Waals surface area (Å²) >= 11 is 0. The lowest BCUT2D eigenvalue weighted by atomic mass is 10.2. The molecule has 0 heterocycles. The average molecular weight is 236 g/mol. The maximum Gasteiger partial charge on any atom is 0.246 e. The van der Waals surface area contributed by atoms with Crippen LogP contribution in [0, 0.1) is 0 Å². The molecule has 0 bridgehead atoms. The number of aliphatic hydroxyl groups excluding tert-OH is 1. The van der Waals surface area contributed by atoms with Gasteiger partial charge in [-0.2, -0.15) is 0 Å². The average Bonchev–Trinajstić information content (AvgIpc) is 2.39. The van der Waals surface area contributed by atoms with Crippen LogP contribution in [-0.4, -0.2) is 44.0 Å². The van der Waals surface area contributed by atoms with E-state index < -0.39 is 6.04 Å². The number of hydrogen-bond donors (Lipinski definition) is 2. The van der Waals surface area contributed by atoms with Gasteiger partial charge < -0.3 is 15.2 Å². The molecule has 2 N–H and O–H groups in total. The first kappa shape index (κ1) is 13.2. The lowest BCUT2D eigenvalue weighted by Gasteiger charge is -2.06. The summed E-state index contributed by atoms with van der Waals surface area (Å²) in [6, 6.07) is 6.51. The Balaban J connectivity index is 2.77. The Hall–Kier alpha value is -1.88. The van der Waals surface area contributed by atoms with Crippen molar-refractivity contribution in [3.63, 3.8) is 0 Å². The Morgan fingerprint density at radius 1 is 1.65 bits per heavy atom. The minimum absolute atomic E-state index is 0.313. The second kappa shape index (κ2) is 6.65. The summed E-state index contributed by atoms with van der Waals surface area (Å²) in [5, 5.41) is 11.4. The topological polar surface area (TPSA) is 70.9 Å². The molecule has 0 radical (unpaired) electrons. The van der Waals surface area contributed by atoms with Crippen molar-refractivity contribution in [2.45, 2.75) is 6.04 Å². The number of nitrogens with zero attached hydrogens (tertiary/aromatic N) is 1. The van der Waals surface area contributed by atoms with Crippen LogP contribution < -0.4 is 10.1 Å². The lowest BCUT2D eigenvalue weighted by molar-refractivity contribution is -0.122. The van der Waals surface area contributed by atoms with Crippen molar-refractivity contribution in [1.29, 1.82) is 0 Å². The van der Waals surface area contributed by atoms with Gasteiger partial charge in [0, 0.05) is 13.3 Å². The number of amides is 1. The highest BCUT2D eigenvalue weighted by Gasteiger charge is 2.12. The number of nitrogens with one attached hydrogen (secondary N) is 1. The zero-order chi connectivity index (χ0) is 12.7. The summed E-state index contributed by atoms with van der Waals surface area (Å²) in [5.74, 6) is 0.404. The number of carbonyl (C=O) groups is 1. The predicted octanol–water partition coefficient (Wildman–Crippen LogP) is 0.221. The van der Waals surface area contributed by atoms with Gasteiger partial charge in [0.25, 0.3) is 0 Å². The molecule has 0 spiro atoms. The molecule has 0 aliphatic rings. The number of aliphatic hydroxyl groups is 1. The standard InChI is InChI=1S/C12H16N2O3/c1-13-12(16)11(8-15)14-7-9-4-3-5-10(6-9)17-2/h3-7,11,15H,8H2,1-2H3,(H,13,16)/b14-7+/t11-/m0/s1. The molecule has 1 atom stereocenters. The van der Waals surface area contributed by atoms with E-state index in [9.17, 15) is 4.79 Å². The first-order chi connectivity index (χ1) is 8.21. The molecule has 17 heavy (non-hydrogen) atoms. The molecule has 0 aliphatic carbocycles. The first-order valence-electron chi connectivity index (χ1n) is 5.21. The molecule has 0 unspecified atom stereocenters. The van der Waals surface area contributed by atoms with Gasteiger partial charge in [-0.3, -0.25) is 9.79 Å². The Morgan fingerprint density at radius 3 is 3.00 bits per heavy atom. The van der Waals surface area contributed by atoms with Crippen LogP contribution in [0.1, 0.15) is 5.56 Å². The molecule has 0 aromatic heterocycles. The van der Waals surface area contributed by atoms with Crippen molar-refractivity contribution in [3.8, 4) is 5.75 Å². The van der Waals surface area contributed by atoms with Gasteiger partial charge in [-0.1, -0.05) is 12.1 Å². The summed E-state index contributed by atoms with van der Waals surface area (Å²) in [7, 11) is 3.09. The zero-order valence-electron chi connectivity index (χ0n) is 9.88. The van der Waals surface area contributed by atoms with Crippen molar-refractivity contribution in [1.82, 2.24) is 5.32 Å². The number of aliphatic imine (C=N–C) groups is 1. The third kappa shape index (κ3) is 3.88. The van der Waals surface area contributed by atoms with Crippen LogP contribution in [0.15, 0.2) is 29.3 Å². The van der Waals surface area contributed by atoms with E-state index in [-0.39, 0.29) is 12.5 Å². The van der Waals surface area contributed by atoms with Gasteiger partial charge in [-0.15, -0.1) is 0 Å². The van der Waals surface area contributed by atoms with Crippen LogP contribution in [-0.2, 0) is 4.79 Å². The van der Waals surface area contributed by atoms with Crippen molar-refractivity contribution >= 4 is 12.1 Å². The van der Waals surface area contributed by atoms with E-state index in [1.165, 1.54) is 7.05 Å². The number of benzene rings is 1. The maximum atomic E-state index is 11.3. The highest BCUT2D eigenvalue weighted by molar-refractivity contribution is 5.86. The number of carbonyl (C=O) groups excluding carboxylic acids is 1. The minimum atomic E-state index is -0.772. The highest BCUT2D eigenvalue weighted by Crippen LogP contribution is 2.10. The quantitative estimate of drug-likeness (QED) is 0.718. The van der Waals surface area contributed by atoms with Crippen molar-refractivity contribution < 1.29 is 14.6 Å². The van der Waals surface area contributed by atoms with E-state index in [1.54, 1.807) is 19.4 Å². The van der Waals surface area contributed by atoms with E-state index in [0.717, 1.165) is 11.3 Å². The number of hydrogen-bond acceptors (Lipinski definition) is 4. The number of likely N-dealkylation sites (N-methyl/N-ethyl adjacent to an activating group) is 1. The van der Waals surface area contributed by atoms with Crippen LogP contribution in [0.3, 0.4) is 0 Å². The SMILES string of the molecule is CNC(=O)[C@H](CO)/N=C/c1cccc(OC)c1. The minimum Gasteiger partial charge on any atom is -0.497 e. The predicted molar refractivity (Wildman–Crippen MR) is 65.5 cm³/mol. The molecule has 0 aliphatic heterocycles. The third-order valence-electron chi connectivity index (χ3n) is 2.22. The van der Waals surface area contributed by atoms with Crippen LogP contribution in [0.25, 0.3) is 0 Å². The number of ether oxygens (including phenoxy) is 1. The summed E-state index contributed by atoms with van der Waals surface area (Å²) in [4.78, 5) is 15.3. The summed E-state index contributed by atoms with van der Waals surface area (Å²) in [6.45, 7) is -0.319. The highest BCUT2D eigenvalue weighted by atomic mass is 16.5. The van der Waals surface area contributed by atoms with Crippen LogP contribution in [0.4, 0.5) is 0 Å². The fourth-order valence-electron chi connectivity index (χ4n) is 1.26. The second-order valence-electron chi connectivity index (χ2n) is 3.37. The van der Waals surface area contributed by atoms with Gasteiger partial charge in [0.15, 0.2) is 6.04 Å². The molecule has 5 nitrogen and oxygen atoms in total. The van der Waals surface area contributed by atoms with Crippen molar-refractivity contribution in [2.24, 2.45) is 4.99 Å². The van der Waals surface area contributed by atoms with Crippen LogP contribution in [0.2, 0.25) is 0 Å². The molecule has 0 saturated heterocycles. The van der Waals surface area contributed by atoms with Gasteiger partial charge in [-0.25, -0.2) is 0 Å². The summed E-state index contributed by atoms with van der Waals surface area (Å²) in [6.07, 6.45) is 1.54. The van der Waals surface area contributed by atoms with E-state index >= 15 is 0 Å². The number of rotatable bonds is 5. The Bertz CT molecular complexity index is 404. The molecule has 0 fully saturated rings. The van der Waals surface area contributed by atoms with E-state index in [0.29, 0.717) is 0 Å². The summed E-state index contributed by atoms with van der Waals surface area (Å²) in [5.41, 5.74) is 0.812. The molecular formula is C12H16N2O3. The molecule has 0 saturated carbocycles.